The summed E-state index contributed by atoms with van der Waals surface area (Å²) in [5.41, 5.74) is 0. The van der Waals surface area contributed by atoms with Gasteiger partial charge in [-0.2, -0.15) is 0 Å². The summed E-state index contributed by atoms with van der Waals surface area (Å²) in [6, 6.07) is 0. The lowest BCUT2D eigenvalue weighted by Gasteiger charge is -2.08. The maximum Gasteiger partial charge on any atom is 0.335 e. The molecule has 1 heterocycles. The molecule has 2 nitrogen and oxygen atoms in total. The highest BCUT2D eigenvalue weighted by molar-refractivity contribution is 6.58. The Kier molecular flexibility index (Phi) is 4.00. The fourth-order valence-electron chi connectivity index (χ4n) is 1.34. The summed E-state index contributed by atoms with van der Waals surface area (Å²) in [7, 11) is 2.03. The van der Waals surface area contributed by atoms with Crippen molar-refractivity contribution < 1.29 is 4.48 Å². The Labute approximate surface area is 82.3 Å². The normalized spacial score (nSPS) is 11.0. The maximum absolute atomic E-state index is 4.13. The van der Waals surface area contributed by atoms with Crippen molar-refractivity contribution in [3.63, 3.8) is 0 Å². The zero-order valence-electron chi connectivity index (χ0n) is 8.61. The molecule has 1 aromatic rings. The Morgan fingerprint density at radius 1 is 1.62 bits per heavy atom. The second-order valence-corrected chi connectivity index (χ2v) is 3.36. The first-order chi connectivity index (χ1) is 6.27. The molecule has 13 heavy (non-hydrogen) atoms. The first-order valence-electron chi connectivity index (χ1n) is 4.98. The third-order valence-corrected chi connectivity index (χ3v) is 2.29. The second kappa shape index (κ2) is 5.05. The summed E-state index contributed by atoms with van der Waals surface area (Å²) < 4.78 is 4.21. The largest absolute Gasteiger partial charge is 0.500 e. The Bertz CT molecular complexity index is 248. The van der Waals surface area contributed by atoms with Gasteiger partial charge in [0.1, 0.15) is 6.33 Å². The molecule has 0 aliphatic heterocycles. The predicted molar refractivity (Wildman–Crippen MR) is 57.9 cm³/mol. The van der Waals surface area contributed by atoms with Gasteiger partial charge in [0.15, 0.2) is 0 Å². The Balaban J connectivity index is 2.50. The molecule has 0 aromatic carbocycles. The van der Waals surface area contributed by atoms with Crippen molar-refractivity contribution in [1.29, 1.82) is 0 Å². The summed E-state index contributed by atoms with van der Waals surface area (Å²) in [4.78, 5) is 0. The molecular weight excluding hydrogens is 158 g/mol. The molecule has 1 aromatic heterocycles. The molecule has 0 amide bonds. The van der Waals surface area contributed by atoms with E-state index in [9.17, 15) is 0 Å². The quantitative estimate of drug-likeness (QED) is 0.471. The summed E-state index contributed by atoms with van der Waals surface area (Å²) in [5.74, 6) is 0. The number of aromatic nitrogens is 2. The van der Waals surface area contributed by atoms with Gasteiger partial charge in [-0.05, 0) is 0 Å². The minimum absolute atomic E-state index is 0.376. The third-order valence-electron chi connectivity index (χ3n) is 2.29. The monoisotopic (exact) mass is 175 g/mol. The number of nitrogens with zero attached hydrogens (tertiary/aromatic N) is 2. The van der Waals surface area contributed by atoms with Gasteiger partial charge in [-0.3, -0.25) is 0 Å². The molecule has 0 saturated heterocycles. The molecule has 69 valence electrons. The lowest BCUT2D eigenvalue weighted by Crippen LogP contribution is -2.36. The minimum atomic E-state index is 0.376. The molecular formula is C9H17B2N2. The van der Waals surface area contributed by atoms with E-state index < -0.39 is 0 Å². The molecule has 4 heteroatoms. The van der Waals surface area contributed by atoms with Crippen molar-refractivity contribution in [2.24, 2.45) is 0 Å². The maximum atomic E-state index is 4.13. The molecule has 3 radical (unpaired) electrons. The van der Waals surface area contributed by atoms with Crippen LogP contribution in [-0.4, -0.2) is 18.7 Å². The number of hydrogen-bond donors (Lipinski definition) is 0. The van der Waals surface area contributed by atoms with Crippen molar-refractivity contribution in [2.75, 3.05) is 0 Å². The summed E-state index contributed by atoms with van der Waals surface area (Å²) in [5, 5.41) is 0. The third kappa shape index (κ3) is 2.87. The van der Waals surface area contributed by atoms with Gasteiger partial charge < -0.3 is 8.96 Å². The van der Waals surface area contributed by atoms with Gasteiger partial charge in [0.2, 0.25) is 0 Å². The number of rotatable bonds is 5. The van der Waals surface area contributed by atoms with Crippen molar-refractivity contribution in [1.82, 2.24) is 4.48 Å². The van der Waals surface area contributed by atoms with Crippen molar-refractivity contribution in [2.45, 2.75) is 32.9 Å². The van der Waals surface area contributed by atoms with E-state index in [1.54, 1.807) is 0 Å². The number of hydrogen-bond acceptors (Lipinski definition) is 0. The van der Waals surface area contributed by atoms with E-state index >= 15 is 0 Å². The standard InChI is InChI=1S/C9H17B2N2/c1-4-5-6-11(3)13-8-7-12(9-13)10-2/h7-9H,3-6H2,1-2H3. The van der Waals surface area contributed by atoms with Crippen LogP contribution in [0.5, 0.6) is 0 Å². The van der Waals surface area contributed by atoms with Gasteiger partial charge in [0, 0.05) is 0 Å². The molecule has 1 rings (SSSR count). The van der Waals surface area contributed by atoms with Gasteiger partial charge in [-0.25, -0.2) is 6.82 Å². The molecule has 0 unspecified atom stereocenters. The van der Waals surface area contributed by atoms with Gasteiger partial charge >= 0.3 is 6.85 Å². The van der Waals surface area contributed by atoms with Crippen LogP contribution < -0.4 is 4.48 Å². The average Bonchev–Trinajstić information content (AvgIpc) is 2.62. The van der Waals surface area contributed by atoms with E-state index in [1.807, 2.05) is 24.9 Å². The highest BCUT2D eigenvalue weighted by Gasteiger charge is 2.09. The highest BCUT2D eigenvalue weighted by Crippen LogP contribution is 2.01. The van der Waals surface area contributed by atoms with Crippen molar-refractivity contribution in [3.05, 3.63) is 25.5 Å². The van der Waals surface area contributed by atoms with Gasteiger partial charge in [-0.1, -0.05) is 27.2 Å². The van der Waals surface area contributed by atoms with E-state index in [0.29, 0.717) is 6.85 Å². The van der Waals surface area contributed by atoms with Gasteiger partial charge in [0.25, 0.3) is 0 Å². The number of imidazole rings is 1. The highest BCUT2D eigenvalue weighted by atomic mass is 15.0. The average molecular weight is 175 g/mol. The second-order valence-electron chi connectivity index (χ2n) is 3.36. The summed E-state index contributed by atoms with van der Waals surface area (Å²) in [6.45, 7) is 8.74. The fraction of sp³-hybridized carbons (Fsp3) is 0.556. The van der Waals surface area contributed by atoms with E-state index in [0.717, 1.165) is 6.32 Å². The zero-order chi connectivity index (χ0) is 9.68. The smallest absolute Gasteiger partial charge is 0.335 e. The van der Waals surface area contributed by atoms with Crippen LogP contribution in [0, 0.1) is 6.82 Å². The number of unbranched alkanes of at least 4 members (excludes halogenated alkanes) is 1. The van der Waals surface area contributed by atoms with Crippen LogP contribution in [0.1, 0.15) is 19.8 Å². The Morgan fingerprint density at radius 3 is 2.92 bits per heavy atom. The molecule has 0 N–H and O–H groups in total. The molecule has 0 atom stereocenters. The lowest BCUT2D eigenvalue weighted by molar-refractivity contribution is -0.527. The van der Waals surface area contributed by atoms with Crippen LogP contribution in [-0.2, 0) is 0 Å². The molecule has 0 bridgehead atoms. The minimum Gasteiger partial charge on any atom is -0.500 e. The zero-order valence-corrected chi connectivity index (χ0v) is 8.61. The van der Waals surface area contributed by atoms with Crippen LogP contribution in [0.3, 0.4) is 0 Å². The van der Waals surface area contributed by atoms with E-state index in [2.05, 4.69) is 30.7 Å². The van der Waals surface area contributed by atoms with Crippen LogP contribution in [0.15, 0.2) is 18.7 Å². The van der Waals surface area contributed by atoms with E-state index in [4.69, 9.17) is 0 Å². The Morgan fingerprint density at radius 2 is 2.38 bits per heavy atom. The SMILES string of the molecule is [CH2+][B-](CCCC)n1cc[n+]([B-]C)c1. The lowest BCUT2D eigenvalue weighted by atomic mass is 9.60. The Hall–Kier alpha value is -0.790. The molecule has 0 aliphatic rings. The summed E-state index contributed by atoms with van der Waals surface area (Å²) in [6.07, 6.45) is 9.86. The van der Waals surface area contributed by atoms with E-state index in [-0.39, 0.29) is 0 Å². The molecule has 0 saturated carbocycles. The van der Waals surface area contributed by atoms with E-state index in [1.165, 1.54) is 12.8 Å². The van der Waals surface area contributed by atoms with Gasteiger partial charge in [-0.15, -0.1) is 13.1 Å². The van der Waals surface area contributed by atoms with Crippen molar-refractivity contribution >= 4 is 14.3 Å². The first-order valence-corrected chi connectivity index (χ1v) is 4.98. The fourth-order valence-corrected chi connectivity index (χ4v) is 1.34. The first kappa shape index (κ1) is 10.3. The van der Waals surface area contributed by atoms with Crippen LogP contribution in [0.4, 0.5) is 0 Å². The molecule has 0 fully saturated rings. The van der Waals surface area contributed by atoms with Crippen molar-refractivity contribution in [3.8, 4) is 0 Å². The molecule has 0 aliphatic carbocycles. The molecule has 0 spiro atoms. The van der Waals surface area contributed by atoms with Crippen LogP contribution in [0.2, 0.25) is 13.1 Å². The van der Waals surface area contributed by atoms with Gasteiger partial charge in [0.05, 0.1) is 12.4 Å². The predicted octanol–water partition coefficient (Wildman–Crippen LogP) is 1.30. The summed E-state index contributed by atoms with van der Waals surface area (Å²) >= 11 is 0. The van der Waals surface area contributed by atoms with Crippen LogP contribution >= 0.6 is 0 Å². The topological polar surface area (TPSA) is 8.81 Å². The van der Waals surface area contributed by atoms with Crippen LogP contribution in [0.25, 0.3) is 0 Å².